The van der Waals surface area contributed by atoms with Gasteiger partial charge in [-0.3, -0.25) is 19.2 Å². The van der Waals surface area contributed by atoms with E-state index in [2.05, 4.69) is 15.4 Å². The quantitative estimate of drug-likeness (QED) is 0.404. The maximum atomic E-state index is 13.0. The van der Waals surface area contributed by atoms with Gasteiger partial charge in [-0.15, -0.1) is 0 Å². The van der Waals surface area contributed by atoms with Gasteiger partial charge in [0.05, 0.1) is 18.9 Å². The van der Waals surface area contributed by atoms with Crippen LogP contribution in [0.15, 0.2) is 0 Å². The molecule has 0 aliphatic heterocycles. The van der Waals surface area contributed by atoms with Crippen molar-refractivity contribution in [3.63, 3.8) is 0 Å². The van der Waals surface area contributed by atoms with Crippen LogP contribution in [0.2, 0.25) is 0 Å². The molecule has 0 aliphatic rings. The van der Waals surface area contributed by atoms with E-state index >= 15 is 0 Å². The smallest absolute Gasteiger partial charge is 0.308 e. The Morgan fingerprint density at radius 3 is 2.07 bits per heavy atom. The Hall–Kier alpha value is -1.77. The van der Waals surface area contributed by atoms with Gasteiger partial charge in [0, 0.05) is 24.0 Å². The van der Waals surface area contributed by atoms with Crippen molar-refractivity contribution in [1.82, 2.24) is 10.6 Å². The van der Waals surface area contributed by atoms with Gasteiger partial charge in [-0.25, -0.2) is 0 Å². The van der Waals surface area contributed by atoms with Crippen molar-refractivity contribution in [1.29, 1.82) is 0 Å². The van der Waals surface area contributed by atoms with Gasteiger partial charge >= 0.3 is 11.9 Å². The Balaban J connectivity index is 5.51. The zero-order chi connectivity index (χ0) is 22.8. The van der Waals surface area contributed by atoms with Crippen molar-refractivity contribution in [3.05, 3.63) is 0 Å². The number of likely N-dealkylation sites (N-methyl/N-ethyl adjacent to an activating group) is 1. The minimum atomic E-state index is -1.03. The molecule has 0 bridgehead atoms. The summed E-state index contributed by atoms with van der Waals surface area (Å²) < 4.78 is 4.45. The Morgan fingerprint density at radius 2 is 1.66 bits per heavy atom. The molecule has 3 atom stereocenters. The van der Waals surface area contributed by atoms with Gasteiger partial charge in [-0.2, -0.15) is 11.8 Å². The second-order valence-corrected chi connectivity index (χ2v) is 10.2. The number of hydrogen-bond donors (Lipinski definition) is 3. The van der Waals surface area contributed by atoms with Crippen molar-refractivity contribution in [2.75, 3.05) is 19.9 Å². The molecule has 0 saturated carbocycles. The van der Waals surface area contributed by atoms with Gasteiger partial charge in [-0.05, 0) is 18.8 Å². The topological polar surface area (TPSA) is 122 Å². The van der Waals surface area contributed by atoms with Crippen molar-refractivity contribution < 1.29 is 29.0 Å². The number of rotatable bonds is 12. The van der Waals surface area contributed by atoms with E-state index < -0.39 is 41.6 Å². The number of ether oxygens (including phenoxy) is 1. The molecule has 9 heteroatoms. The number of esters is 1. The van der Waals surface area contributed by atoms with E-state index in [1.54, 1.807) is 0 Å². The molecule has 0 fully saturated rings. The second-order valence-electron chi connectivity index (χ2n) is 8.39. The highest BCUT2D eigenvalue weighted by Gasteiger charge is 2.36. The predicted molar refractivity (Wildman–Crippen MR) is 114 cm³/mol. The summed E-state index contributed by atoms with van der Waals surface area (Å²) in [6.45, 7) is 9.81. The van der Waals surface area contributed by atoms with Crippen LogP contribution < -0.4 is 10.6 Å². The minimum Gasteiger partial charge on any atom is -0.481 e. The first kappa shape index (κ1) is 27.2. The zero-order valence-electron chi connectivity index (χ0n) is 18.5. The number of carbonyl (C=O) groups is 4. The largest absolute Gasteiger partial charge is 0.481 e. The number of aliphatic carboxylic acids is 1. The SMILES string of the molecule is CNC(=O)[C@H](CCC(=O)OC)NC(=O)[C@H](CC(C)C)[C@H](CSC(C)(C)C)C(=O)O. The fraction of sp³-hybridized carbons (Fsp3) is 0.800. The first-order chi connectivity index (χ1) is 13.3. The molecule has 29 heavy (non-hydrogen) atoms. The van der Waals surface area contributed by atoms with Gasteiger partial charge in [0.15, 0.2) is 0 Å². The first-order valence-electron chi connectivity index (χ1n) is 9.77. The number of carbonyl (C=O) groups excluding carboxylic acids is 3. The Morgan fingerprint density at radius 1 is 1.07 bits per heavy atom. The Bertz CT molecular complexity index is 574. The average molecular weight is 433 g/mol. The number of carboxylic acids is 1. The molecule has 0 aliphatic carbocycles. The lowest BCUT2D eigenvalue weighted by Gasteiger charge is -2.28. The standard InChI is InChI=1S/C20H36N2O6S/c1-12(2)10-13(14(19(26)27)11-29-20(3,4)5)17(24)22-15(18(25)21-6)8-9-16(23)28-7/h12-15H,8-11H2,1-7H3,(H,21,25)(H,22,24)(H,26,27)/t13-,14+,15+/m1/s1. The van der Waals surface area contributed by atoms with E-state index in [0.717, 1.165) is 0 Å². The Kier molecular flexibility index (Phi) is 11.9. The van der Waals surface area contributed by atoms with E-state index in [-0.39, 0.29) is 29.3 Å². The van der Waals surface area contributed by atoms with E-state index in [9.17, 15) is 24.3 Å². The van der Waals surface area contributed by atoms with E-state index in [1.165, 1.54) is 25.9 Å². The van der Waals surface area contributed by atoms with Gasteiger partial charge < -0.3 is 20.5 Å². The summed E-state index contributed by atoms with van der Waals surface area (Å²) in [6.07, 6.45) is 0.415. The summed E-state index contributed by atoms with van der Waals surface area (Å²) in [5.41, 5.74) is 0. The molecule has 0 radical (unpaired) electrons. The number of thioether (sulfide) groups is 1. The lowest BCUT2D eigenvalue weighted by Crippen LogP contribution is -2.50. The number of methoxy groups -OCH3 is 1. The molecular weight excluding hydrogens is 396 g/mol. The minimum absolute atomic E-state index is 0.0358. The molecule has 2 amide bonds. The molecule has 3 N–H and O–H groups in total. The Labute approximate surface area is 177 Å². The summed E-state index contributed by atoms with van der Waals surface area (Å²) in [6, 6.07) is -0.939. The van der Waals surface area contributed by atoms with Crippen LogP contribution in [-0.2, 0) is 23.9 Å². The van der Waals surface area contributed by atoms with Gasteiger partial charge in [0.25, 0.3) is 0 Å². The molecule has 8 nitrogen and oxygen atoms in total. The lowest BCUT2D eigenvalue weighted by atomic mass is 9.85. The molecular formula is C20H36N2O6S. The predicted octanol–water partition coefficient (Wildman–Crippen LogP) is 2.07. The maximum absolute atomic E-state index is 13.0. The van der Waals surface area contributed by atoms with E-state index in [4.69, 9.17) is 0 Å². The van der Waals surface area contributed by atoms with E-state index in [0.29, 0.717) is 6.42 Å². The molecule has 0 aromatic heterocycles. The van der Waals surface area contributed by atoms with Crippen molar-refractivity contribution in [2.45, 2.75) is 64.7 Å². The third-order valence-corrected chi connectivity index (χ3v) is 5.70. The molecule has 0 heterocycles. The van der Waals surface area contributed by atoms with Crippen molar-refractivity contribution in [3.8, 4) is 0 Å². The van der Waals surface area contributed by atoms with Crippen LogP contribution in [0.25, 0.3) is 0 Å². The molecule has 0 unspecified atom stereocenters. The second kappa shape index (κ2) is 12.7. The molecule has 0 saturated heterocycles. The van der Waals surface area contributed by atoms with Crippen LogP contribution in [-0.4, -0.2) is 59.6 Å². The van der Waals surface area contributed by atoms with Crippen molar-refractivity contribution >= 4 is 35.5 Å². The zero-order valence-corrected chi connectivity index (χ0v) is 19.4. The molecule has 0 aromatic carbocycles. The molecule has 168 valence electrons. The van der Waals surface area contributed by atoms with Gasteiger partial charge in [0.2, 0.25) is 11.8 Å². The third kappa shape index (κ3) is 11.1. The highest BCUT2D eigenvalue weighted by molar-refractivity contribution is 8.00. The highest BCUT2D eigenvalue weighted by Crippen LogP contribution is 2.31. The first-order valence-corrected chi connectivity index (χ1v) is 10.8. The van der Waals surface area contributed by atoms with Crippen LogP contribution in [0, 0.1) is 17.8 Å². The number of nitrogens with one attached hydrogen (secondary N) is 2. The van der Waals surface area contributed by atoms with E-state index in [1.807, 2.05) is 34.6 Å². The van der Waals surface area contributed by atoms with Crippen molar-refractivity contribution in [2.24, 2.45) is 17.8 Å². The lowest BCUT2D eigenvalue weighted by molar-refractivity contribution is -0.147. The maximum Gasteiger partial charge on any atom is 0.308 e. The molecule has 0 rings (SSSR count). The summed E-state index contributed by atoms with van der Waals surface area (Å²) in [5.74, 6) is -3.73. The highest BCUT2D eigenvalue weighted by atomic mass is 32.2. The van der Waals surface area contributed by atoms with Crippen LogP contribution in [0.1, 0.15) is 53.9 Å². The summed E-state index contributed by atoms with van der Waals surface area (Å²) in [4.78, 5) is 48.5. The monoisotopic (exact) mass is 432 g/mol. The fourth-order valence-electron chi connectivity index (χ4n) is 2.75. The number of carboxylic acid groups (broad SMARTS) is 1. The normalized spacial score (nSPS) is 14.6. The molecule has 0 spiro atoms. The van der Waals surface area contributed by atoms with Gasteiger partial charge in [0.1, 0.15) is 6.04 Å². The van der Waals surface area contributed by atoms with Crippen LogP contribution >= 0.6 is 11.8 Å². The number of hydrogen-bond acceptors (Lipinski definition) is 6. The summed E-state index contributed by atoms with van der Waals surface area (Å²) in [5, 5.41) is 14.9. The molecule has 0 aromatic rings. The average Bonchev–Trinajstić information content (AvgIpc) is 2.61. The summed E-state index contributed by atoms with van der Waals surface area (Å²) >= 11 is 1.49. The fourth-order valence-corrected chi connectivity index (χ4v) is 3.80. The van der Waals surface area contributed by atoms with Crippen LogP contribution in [0.3, 0.4) is 0 Å². The summed E-state index contributed by atoms with van der Waals surface area (Å²) in [7, 11) is 2.68. The van der Waals surface area contributed by atoms with Crippen LogP contribution in [0.5, 0.6) is 0 Å². The third-order valence-electron chi connectivity index (χ3n) is 4.31. The number of amides is 2. The van der Waals surface area contributed by atoms with Gasteiger partial charge in [-0.1, -0.05) is 34.6 Å². The van der Waals surface area contributed by atoms with Crippen LogP contribution in [0.4, 0.5) is 0 Å².